The highest BCUT2D eigenvalue weighted by molar-refractivity contribution is 6.67. The van der Waals surface area contributed by atoms with Crippen molar-refractivity contribution in [3.8, 4) is 0 Å². The lowest BCUT2D eigenvalue weighted by atomic mass is 9.97. The van der Waals surface area contributed by atoms with Crippen molar-refractivity contribution in [2.75, 3.05) is 0 Å². The Morgan fingerprint density at radius 3 is 2.23 bits per heavy atom. The van der Waals surface area contributed by atoms with Gasteiger partial charge in [-0.05, 0) is 6.08 Å². The van der Waals surface area contributed by atoms with Crippen molar-refractivity contribution < 1.29 is 0 Å². The van der Waals surface area contributed by atoms with Gasteiger partial charge in [0.15, 0.2) is 3.79 Å². The first kappa shape index (κ1) is 12.0. The predicted octanol–water partition coefficient (Wildman–Crippen LogP) is 4.66. The molecule has 0 heterocycles. The van der Waals surface area contributed by atoms with Crippen molar-refractivity contribution in [1.29, 1.82) is 0 Å². The molecule has 0 amide bonds. The monoisotopic (exact) mass is 278 g/mol. The van der Waals surface area contributed by atoms with Crippen LogP contribution >= 0.6 is 58.0 Å². The molecule has 0 radical (unpaired) electrons. The summed E-state index contributed by atoms with van der Waals surface area (Å²) < 4.78 is -2.30. The summed E-state index contributed by atoms with van der Waals surface area (Å²) in [5, 5.41) is 0. The number of rotatable bonds is 1. The highest BCUT2D eigenvalue weighted by atomic mass is 35.6. The van der Waals surface area contributed by atoms with E-state index in [2.05, 4.69) is 0 Å². The average molecular weight is 280 g/mol. The Kier molecular flexibility index (Phi) is 3.88. The predicted molar refractivity (Wildman–Crippen MR) is 61.1 cm³/mol. The highest BCUT2D eigenvalue weighted by Crippen LogP contribution is 2.44. The number of allylic oxidation sites excluding steroid dienone is 4. The van der Waals surface area contributed by atoms with Crippen molar-refractivity contribution in [2.24, 2.45) is 5.92 Å². The van der Waals surface area contributed by atoms with Crippen molar-refractivity contribution in [3.05, 3.63) is 24.3 Å². The smallest absolute Gasteiger partial charge is 0.0963 e. The lowest BCUT2D eigenvalue weighted by Crippen LogP contribution is -2.27. The Bertz CT molecular complexity index is 235. The zero-order valence-electron chi connectivity index (χ0n) is 6.48. The minimum atomic E-state index is -1.32. The van der Waals surface area contributed by atoms with Gasteiger partial charge in [-0.2, -0.15) is 0 Å². The minimum Gasteiger partial charge on any atom is -0.0963 e. The summed E-state index contributed by atoms with van der Waals surface area (Å²) in [6, 6.07) is 0. The number of hydrogen-bond donors (Lipinski definition) is 0. The van der Waals surface area contributed by atoms with Crippen LogP contribution in [-0.4, -0.2) is 8.13 Å². The van der Waals surface area contributed by atoms with Gasteiger partial charge in [0.25, 0.3) is 0 Å². The molecule has 1 unspecified atom stereocenters. The van der Waals surface area contributed by atoms with Crippen molar-refractivity contribution in [3.63, 3.8) is 0 Å². The van der Waals surface area contributed by atoms with Crippen LogP contribution in [0.2, 0.25) is 0 Å². The minimum absolute atomic E-state index is 0.173. The molecule has 0 saturated heterocycles. The zero-order valence-corrected chi connectivity index (χ0v) is 10.3. The fraction of sp³-hybridized carbons (Fsp3) is 0.500. The topological polar surface area (TPSA) is 0 Å². The molecule has 13 heavy (non-hydrogen) atoms. The van der Waals surface area contributed by atoms with Crippen LogP contribution in [0.5, 0.6) is 0 Å². The summed E-state index contributed by atoms with van der Waals surface area (Å²) >= 11 is 28.9. The number of alkyl halides is 5. The van der Waals surface area contributed by atoms with Gasteiger partial charge < -0.3 is 0 Å². The molecular formula is C8H7Cl5. The van der Waals surface area contributed by atoms with Gasteiger partial charge in [0.2, 0.25) is 0 Å². The van der Waals surface area contributed by atoms with E-state index in [1.165, 1.54) is 0 Å². The van der Waals surface area contributed by atoms with Crippen molar-refractivity contribution in [2.45, 2.75) is 14.5 Å². The second-order valence-electron chi connectivity index (χ2n) is 2.84. The van der Waals surface area contributed by atoms with E-state index in [9.17, 15) is 0 Å². The number of hydrogen-bond acceptors (Lipinski definition) is 0. The molecule has 74 valence electrons. The third-order valence-corrected chi connectivity index (χ3v) is 2.99. The Labute approximate surface area is 102 Å². The molecule has 0 bridgehead atoms. The molecule has 0 aromatic carbocycles. The van der Waals surface area contributed by atoms with Gasteiger partial charge in [0.05, 0.1) is 0 Å². The highest BCUT2D eigenvalue weighted by Gasteiger charge is 2.37. The molecule has 0 spiro atoms. The second kappa shape index (κ2) is 4.20. The van der Waals surface area contributed by atoms with Crippen LogP contribution in [0, 0.1) is 5.92 Å². The van der Waals surface area contributed by atoms with E-state index in [1.54, 1.807) is 12.2 Å². The summed E-state index contributed by atoms with van der Waals surface area (Å²) in [6.07, 6.45) is 7.42. The van der Waals surface area contributed by atoms with Crippen LogP contribution in [0.3, 0.4) is 0 Å². The van der Waals surface area contributed by atoms with Crippen LogP contribution in [-0.2, 0) is 0 Å². The quantitative estimate of drug-likeness (QED) is 0.613. The van der Waals surface area contributed by atoms with Gasteiger partial charge in [-0.3, -0.25) is 0 Å². The molecule has 5 heteroatoms. The molecular weight excluding hydrogens is 273 g/mol. The van der Waals surface area contributed by atoms with E-state index >= 15 is 0 Å². The normalized spacial score (nSPS) is 26.4. The summed E-state index contributed by atoms with van der Waals surface area (Å²) in [4.78, 5) is 0. The summed E-state index contributed by atoms with van der Waals surface area (Å²) in [6.45, 7) is 0. The fourth-order valence-corrected chi connectivity index (χ4v) is 2.03. The fourth-order valence-electron chi connectivity index (χ4n) is 1.09. The summed E-state index contributed by atoms with van der Waals surface area (Å²) in [5.41, 5.74) is 0. The molecule has 0 fully saturated rings. The average Bonchev–Trinajstić information content (AvgIpc) is 1.91. The van der Waals surface area contributed by atoms with Crippen LogP contribution in [0.4, 0.5) is 0 Å². The summed E-state index contributed by atoms with van der Waals surface area (Å²) in [7, 11) is 0. The van der Waals surface area contributed by atoms with Crippen LogP contribution in [0.1, 0.15) is 6.42 Å². The van der Waals surface area contributed by atoms with Crippen molar-refractivity contribution >= 4 is 58.0 Å². The van der Waals surface area contributed by atoms with Gasteiger partial charge in [-0.1, -0.05) is 76.2 Å². The summed E-state index contributed by atoms with van der Waals surface area (Å²) in [5.74, 6) is -0.173. The molecule has 0 aromatic rings. The molecule has 0 aliphatic heterocycles. The largest absolute Gasteiger partial charge is 0.191 e. The van der Waals surface area contributed by atoms with Crippen molar-refractivity contribution in [1.82, 2.24) is 0 Å². The Morgan fingerprint density at radius 1 is 1.15 bits per heavy atom. The Hall–Kier alpha value is 0.930. The van der Waals surface area contributed by atoms with E-state index in [-0.39, 0.29) is 5.92 Å². The van der Waals surface area contributed by atoms with Crippen LogP contribution in [0.15, 0.2) is 24.3 Å². The lowest BCUT2D eigenvalue weighted by Gasteiger charge is -2.29. The van der Waals surface area contributed by atoms with Gasteiger partial charge in [0, 0.05) is 12.3 Å². The van der Waals surface area contributed by atoms with E-state index < -0.39 is 8.13 Å². The molecule has 1 aliphatic rings. The van der Waals surface area contributed by atoms with Crippen LogP contribution < -0.4 is 0 Å². The molecule has 0 nitrogen and oxygen atoms in total. The first-order chi connectivity index (χ1) is 5.81. The third kappa shape index (κ3) is 3.89. The molecule has 0 N–H and O–H groups in total. The van der Waals surface area contributed by atoms with E-state index in [1.807, 2.05) is 12.2 Å². The maximum Gasteiger partial charge on any atom is 0.191 e. The Balaban J connectivity index is 2.70. The third-order valence-electron chi connectivity index (χ3n) is 1.72. The zero-order chi connectivity index (χ0) is 10.1. The first-order valence-electron chi connectivity index (χ1n) is 3.62. The van der Waals surface area contributed by atoms with Crippen LogP contribution in [0.25, 0.3) is 0 Å². The first-order valence-corrected chi connectivity index (χ1v) is 5.51. The molecule has 0 aromatic heterocycles. The molecule has 0 saturated carbocycles. The number of halogens is 5. The van der Waals surface area contributed by atoms with Gasteiger partial charge in [0.1, 0.15) is 4.33 Å². The SMILES string of the molecule is ClC(Cl)(Cl)CC1C=CC=CC1(Cl)Cl. The molecule has 1 atom stereocenters. The molecule has 1 aliphatic carbocycles. The van der Waals surface area contributed by atoms with E-state index in [0.717, 1.165) is 0 Å². The Morgan fingerprint density at radius 2 is 1.77 bits per heavy atom. The van der Waals surface area contributed by atoms with E-state index in [0.29, 0.717) is 6.42 Å². The van der Waals surface area contributed by atoms with E-state index in [4.69, 9.17) is 58.0 Å². The van der Waals surface area contributed by atoms with Gasteiger partial charge in [-0.25, -0.2) is 0 Å². The lowest BCUT2D eigenvalue weighted by molar-refractivity contribution is 0.577. The maximum atomic E-state index is 6.00. The molecule has 1 rings (SSSR count). The van der Waals surface area contributed by atoms with Gasteiger partial charge >= 0.3 is 0 Å². The standard InChI is InChI=1S/C8H7Cl5/c9-7(10)4-2-1-3-6(7)5-8(11,12)13/h1-4,6H,5H2. The second-order valence-corrected chi connectivity index (χ2v) is 6.80. The maximum absolute atomic E-state index is 6.00. The van der Waals surface area contributed by atoms with Gasteiger partial charge in [-0.15, -0.1) is 0 Å².